The molecule has 3 aromatic rings. The summed E-state index contributed by atoms with van der Waals surface area (Å²) in [6.45, 7) is 7.99. The number of aryl methyl sites for hydroxylation is 4. The highest BCUT2D eigenvalue weighted by Crippen LogP contribution is 2.31. The van der Waals surface area contributed by atoms with Crippen molar-refractivity contribution < 1.29 is 4.52 Å². The number of imidazole rings is 1. The van der Waals surface area contributed by atoms with Crippen molar-refractivity contribution in [1.29, 1.82) is 0 Å². The molecule has 112 valence electrons. The molecule has 0 aromatic carbocycles. The van der Waals surface area contributed by atoms with Crippen LogP contribution in [-0.4, -0.2) is 24.5 Å². The molecule has 0 radical (unpaired) electrons. The molecule has 0 saturated carbocycles. The highest BCUT2D eigenvalue weighted by Gasteiger charge is 2.25. The lowest BCUT2D eigenvalue weighted by molar-refractivity contribution is 0.391. The lowest BCUT2D eigenvalue weighted by Gasteiger charge is -2.15. The van der Waals surface area contributed by atoms with E-state index in [2.05, 4.69) is 29.1 Å². The molecule has 1 unspecified atom stereocenters. The van der Waals surface area contributed by atoms with Gasteiger partial charge in [0.1, 0.15) is 11.3 Å². The molecule has 0 fully saturated rings. The summed E-state index contributed by atoms with van der Waals surface area (Å²) in [5.74, 6) is 1.29. The number of hydrogen-bond acceptors (Lipinski definition) is 5. The van der Waals surface area contributed by atoms with Crippen LogP contribution >= 0.6 is 0 Å². The monoisotopic (exact) mass is 288 g/mol. The minimum absolute atomic E-state index is 0.0126. The van der Waals surface area contributed by atoms with Crippen molar-refractivity contribution in [2.24, 2.45) is 7.05 Å². The Bertz CT molecular complexity index is 790. The van der Waals surface area contributed by atoms with E-state index >= 15 is 0 Å². The highest BCUT2D eigenvalue weighted by molar-refractivity contribution is 5.78. The van der Waals surface area contributed by atoms with Gasteiger partial charge >= 0.3 is 0 Å². The van der Waals surface area contributed by atoms with Gasteiger partial charge in [-0.05, 0) is 27.2 Å². The summed E-state index contributed by atoms with van der Waals surface area (Å²) in [5.41, 5.74) is 10.8. The number of rotatable bonds is 3. The smallest absolute Gasteiger partial charge is 0.203 e. The van der Waals surface area contributed by atoms with Crippen molar-refractivity contribution in [3.63, 3.8) is 0 Å². The molecule has 0 aliphatic heterocycles. The summed E-state index contributed by atoms with van der Waals surface area (Å²) in [5, 5.41) is 8.55. The molecular weight excluding hydrogens is 268 g/mol. The number of hydrogen-bond donors (Lipinski definition) is 1. The average Bonchev–Trinajstić information content (AvgIpc) is 3.04. The minimum Gasteiger partial charge on any atom is -0.369 e. The van der Waals surface area contributed by atoms with E-state index in [1.807, 2.05) is 30.1 Å². The molecule has 7 heteroatoms. The summed E-state index contributed by atoms with van der Waals surface area (Å²) in [4.78, 5) is 4.50. The SMILES string of the molecule is CCc1nn(C)c2c1nc(N)n2C(C)c1c(C)noc1C. The van der Waals surface area contributed by atoms with Gasteiger partial charge in [-0.3, -0.25) is 9.25 Å². The van der Waals surface area contributed by atoms with E-state index in [4.69, 9.17) is 10.3 Å². The van der Waals surface area contributed by atoms with Crippen LogP contribution in [0.15, 0.2) is 4.52 Å². The van der Waals surface area contributed by atoms with Gasteiger partial charge in [0, 0.05) is 12.6 Å². The third-order valence-corrected chi connectivity index (χ3v) is 3.99. The average molecular weight is 288 g/mol. The lowest BCUT2D eigenvalue weighted by Crippen LogP contribution is -2.13. The van der Waals surface area contributed by atoms with E-state index in [-0.39, 0.29) is 6.04 Å². The normalized spacial score (nSPS) is 13.2. The molecule has 0 spiro atoms. The van der Waals surface area contributed by atoms with Crippen molar-refractivity contribution >= 4 is 17.1 Å². The zero-order valence-electron chi connectivity index (χ0n) is 13.0. The van der Waals surface area contributed by atoms with Crippen molar-refractivity contribution in [3.8, 4) is 0 Å². The van der Waals surface area contributed by atoms with E-state index in [1.165, 1.54) is 0 Å². The standard InChI is InChI=1S/C14H20N6O/c1-6-10-12-13(19(5)17-10)20(14(15)16-12)8(3)11-7(2)18-21-9(11)4/h8H,6H2,1-5H3,(H2,15,16). The van der Waals surface area contributed by atoms with Crippen LogP contribution in [0.25, 0.3) is 11.2 Å². The maximum absolute atomic E-state index is 6.16. The van der Waals surface area contributed by atoms with Gasteiger partial charge in [0.15, 0.2) is 5.65 Å². The van der Waals surface area contributed by atoms with Crippen LogP contribution in [0.2, 0.25) is 0 Å². The van der Waals surface area contributed by atoms with Gasteiger partial charge in [0.05, 0.1) is 17.4 Å². The van der Waals surface area contributed by atoms with E-state index in [1.54, 1.807) is 0 Å². The van der Waals surface area contributed by atoms with Crippen LogP contribution in [0, 0.1) is 13.8 Å². The van der Waals surface area contributed by atoms with Crippen molar-refractivity contribution in [2.75, 3.05) is 5.73 Å². The Labute approximate surface area is 122 Å². The van der Waals surface area contributed by atoms with Crippen LogP contribution < -0.4 is 5.73 Å². The molecule has 0 aliphatic carbocycles. The summed E-state index contributed by atoms with van der Waals surface area (Å²) in [7, 11) is 1.92. The second-order valence-corrected chi connectivity index (χ2v) is 5.35. The van der Waals surface area contributed by atoms with Gasteiger partial charge in [-0.2, -0.15) is 5.10 Å². The number of nitrogens with zero attached hydrogens (tertiary/aromatic N) is 5. The third-order valence-electron chi connectivity index (χ3n) is 3.99. The maximum Gasteiger partial charge on any atom is 0.203 e. The maximum atomic E-state index is 6.16. The summed E-state index contributed by atoms with van der Waals surface area (Å²) < 4.78 is 9.11. The van der Waals surface area contributed by atoms with Crippen LogP contribution in [-0.2, 0) is 13.5 Å². The topological polar surface area (TPSA) is 87.7 Å². The number of aromatic nitrogens is 5. The summed E-state index contributed by atoms with van der Waals surface area (Å²) in [6, 6.07) is -0.0126. The molecule has 0 amide bonds. The van der Waals surface area contributed by atoms with Gasteiger partial charge in [0.25, 0.3) is 0 Å². The van der Waals surface area contributed by atoms with Gasteiger partial charge in [-0.15, -0.1) is 0 Å². The zero-order chi connectivity index (χ0) is 15.3. The Balaban J connectivity index is 2.25. The van der Waals surface area contributed by atoms with E-state index in [0.717, 1.165) is 40.3 Å². The Morgan fingerprint density at radius 1 is 1.33 bits per heavy atom. The first-order valence-electron chi connectivity index (χ1n) is 7.07. The molecule has 3 aromatic heterocycles. The third kappa shape index (κ3) is 1.84. The Morgan fingerprint density at radius 3 is 2.62 bits per heavy atom. The number of fused-ring (bicyclic) bond motifs is 1. The second-order valence-electron chi connectivity index (χ2n) is 5.35. The molecule has 3 rings (SSSR count). The van der Waals surface area contributed by atoms with E-state index < -0.39 is 0 Å². The van der Waals surface area contributed by atoms with E-state index in [9.17, 15) is 0 Å². The first-order chi connectivity index (χ1) is 9.95. The van der Waals surface area contributed by atoms with Crippen LogP contribution in [0.5, 0.6) is 0 Å². The summed E-state index contributed by atoms with van der Waals surface area (Å²) in [6.07, 6.45) is 0.827. The fraction of sp³-hybridized carbons (Fsp3) is 0.500. The molecular formula is C14H20N6O. The van der Waals surface area contributed by atoms with Crippen molar-refractivity contribution in [1.82, 2.24) is 24.5 Å². The van der Waals surface area contributed by atoms with Crippen LogP contribution in [0.4, 0.5) is 5.95 Å². The molecule has 3 heterocycles. The van der Waals surface area contributed by atoms with Crippen LogP contribution in [0.1, 0.15) is 42.6 Å². The largest absolute Gasteiger partial charge is 0.369 e. The predicted molar refractivity (Wildman–Crippen MR) is 80.1 cm³/mol. The second kappa shape index (κ2) is 4.61. The van der Waals surface area contributed by atoms with Gasteiger partial charge < -0.3 is 10.3 Å². The quantitative estimate of drug-likeness (QED) is 0.797. The first kappa shape index (κ1) is 13.7. The van der Waals surface area contributed by atoms with Crippen LogP contribution in [0.3, 0.4) is 0 Å². The fourth-order valence-electron chi connectivity index (χ4n) is 3.06. The summed E-state index contributed by atoms with van der Waals surface area (Å²) >= 11 is 0. The highest BCUT2D eigenvalue weighted by atomic mass is 16.5. The first-order valence-corrected chi connectivity index (χ1v) is 7.07. The number of anilines is 1. The molecule has 0 bridgehead atoms. The lowest BCUT2D eigenvalue weighted by atomic mass is 10.1. The number of nitrogen functional groups attached to an aromatic ring is 1. The Kier molecular flexibility index (Phi) is 3.00. The fourth-order valence-corrected chi connectivity index (χ4v) is 3.06. The van der Waals surface area contributed by atoms with Gasteiger partial charge in [-0.1, -0.05) is 12.1 Å². The molecule has 21 heavy (non-hydrogen) atoms. The van der Waals surface area contributed by atoms with Gasteiger partial charge in [0.2, 0.25) is 5.95 Å². The Hall–Kier alpha value is -2.31. The van der Waals surface area contributed by atoms with E-state index in [0.29, 0.717) is 5.95 Å². The van der Waals surface area contributed by atoms with Gasteiger partial charge in [-0.25, -0.2) is 4.98 Å². The molecule has 0 aliphatic rings. The number of nitrogens with two attached hydrogens (primary N) is 1. The molecule has 0 saturated heterocycles. The minimum atomic E-state index is -0.0126. The molecule has 2 N–H and O–H groups in total. The molecule has 7 nitrogen and oxygen atoms in total. The van der Waals surface area contributed by atoms with Crippen molar-refractivity contribution in [3.05, 3.63) is 22.7 Å². The van der Waals surface area contributed by atoms with Crippen molar-refractivity contribution in [2.45, 2.75) is 40.2 Å². The predicted octanol–water partition coefficient (Wildman–Crippen LogP) is 2.13. The zero-order valence-corrected chi connectivity index (χ0v) is 13.0. The Morgan fingerprint density at radius 2 is 2.05 bits per heavy atom. The molecule has 1 atom stereocenters.